The zero-order valence-electron chi connectivity index (χ0n) is 10.1. The monoisotopic (exact) mass is 311 g/mol. The molecule has 5 heteroatoms. The fourth-order valence-corrected chi connectivity index (χ4v) is 2.44. The molecule has 1 unspecified atom stereocenters. The first-order valence-corrected chi connectivity index (χ1v) is 6.54. The van der Waals surface area contributed by atoms with Gasteiger partial charge in [-0.25, -0.2) is 4.39 Å². The fraction of sp³-hybridized carbons (Fsp3) is 0.308. The standard InChI is InChI=1S/C13H15BrFN3/c1-18-8-9(7-17-18)5-6-12(16)10-3-2-4-11(15)13(10)14/h2-4,7-8,12H,5-6,16H2,1H3. The van der Waals surface area contributed by atoms with Gasteiger partial charge in [-0.15, -0.1) is 0 Å². The molecule has 1 atom stereocenters. The van der Waals surface area contributed by atoms with Crippen LogP contribution in [-0.2, 0) is 13.5 Å². The summed E-state index contributed by atoms with van der Waals surface area (Å²) < 4.78 is 15.6. The van der Waals surface area contributed by atoms with Crippen molar-refractivity contribution in [2.75, 3.05) is 0 Å². The van der Waals surface area contributed by atoms with Crippen molar-refractivity contribution in [3.63, 3.8) is 0 Å². The van der Waals surface area contributed by atoms with E-state index in [0.717, 1.165) is 24.0 Å². The first-order chi connectivity index (χ1) is 8.58. The van der Waals surface area contributed by atoms with E-state index < -0.39 is 0 Å². The molecule has 0 saturated carbocycles. The quantitative estimate of drug-likeness (QED) is 0.943. The van der Waals surface area contributed by atoms with Crippen LogP contribution >= 0.6 is 15.9 Å². The van der Waals surface area contributed by atoms with E-state index in [2.05, 4.69) is 21.0 Å². The van der Waals surface area contributed by atoms with Gasteiger partial charge in [-0.3, -0.25) is 4.68 Å². The van der Waals surface area contributed by atoms with Crippen LogP contribution in [0.5, 0.6) is 0 Å². The third-order valence-electron chi connectivity index (χ3n) is 2.88. The van der Waals surface area contributed by atoms with Crippen molar-refractivity contribution in [1.29, 1.82) is 0 Å². The summed E-state index contributed by atoms with van der Waals surface area (Å²) in [6, 6.07) is 4.76. The van der Waals surface area contributed by atoms with Gasteiger partial charge < -0.3 is 5.73 Å². The second kappa shape index (κ2) is 5.63. The van der Waals surface area contributed by atoms with Crippen molar-refractivity contribution in [3.8, 4) is 0 Å². The van der Waals surface area contributed by atoms with Crippen molar-refractivity contribution in [2.45, 2.75) is 18.9 Å². The number of nitrogens with two attached hydrogens (primary N) is 1. The molecular weight excluding hydrogens is 297 g/mol. The number of hydrogen-bond donors (Lipinski definition) is 1. The summed E-state index contributed by atoms with van der Waals surface area (Å²) in [5.41, 5.74) is 8.04. The first-order valence-electron chi connectivity index (χ1n) is 5.75. The SMILES string of the molecule is Cn1cc(CCC(N)c2cccc(F)c2Br)cn1. The number of nitrogens with zero attached hydrogens (tertiary/aromatic N) is 2. The van der Waals surface area contributed by atoms with Crippen LogP contribution in [0, 0.1) is 5.82 Å². The molecule has 2 N–H and O–H groups in total. The molecule has 0 saturated heterocycles. The van der Waals surface area contributed by atoms with Crippen LogP contribution in [0.2, 0.25) is 0 Å². The van der Waals surface area contributed by atoms with Crippen molar-refractivity contribution in [1.82, 2.24) is 9.78 Å². The van der Waals surface area contributed by atoms with Crippen LogP contribution in [0.15, 0.2) is 35.1 Å². The Morgan fingerprint density at radius 3 is 2.94 bits per heavy atom. The van der Waals surface area contributed by atoms with Crippen molar-refractivity contribution < 1.29 is 4.39 Å². The van der Waals surface area contributed by atoms with Crippen LogP contribution in [0.3, 0.4) is 0 Å². The van der Waals surface area contributed by atoms with E-state index >= 15 is 0 Å². The minimum absolute atomic E-state index is 0.185. The molecule has 3 nitrogen and oxygen atoms in total. The molecule has 2 rings (SSSR count). The third kappa shape index (κ3) is 2.97. The van der Waals surface area contributed by atoms with Gasteiger partial charge in [0.05, 0.1) is 10.7 Å². The number of hydrogen-bond acceptors (Lipinski definition) is 2. The topological polar surface area (TPSA) is 43.8 Å². The van der Waals surface area contributed by atoms with E-state index in [4.69, 9.17) is 5.73 Å². The molecule has 18 heavy (non-hydrogen) atoms. The average molecular weight is 312 g/mol. The van der Waals surface area contributed by atoms with E-state index in [1.54, 1.807) is 10.7 Å². The molecule has 0 spiro atoms. The Balaban J connectivity index is 2.03. The van der Waals surface area contributed by atoms with Crippen molar-refractivity contribution >= 4 is 15.9 Å². The number of aromatic nitrogens is 2. The van der Waals surface area contributed by atoms with Gasteiger partial charge >= 0.3 is 0 Å². The molecule has 2 aromatic rings. The Kier molecular flexibility index (Phi) is 4.14. The minimum Gasteiger partial charge on any atom is -0.324 e. The van der Waals surface area contributed by atoms with Gasteiger partial charge in [0, 0.05) is 19.3 Å². The molecular formula is C13H15BrFN3. The molecule has 0 bridgehead atoms. The highest BCUT2D eigenvalue weighted by Gasteiger charge is 2.13. The van der Waals surface area contributed by atoms with Crippen LogP contribution in [0.4, 0.5) is 4.39 Å². The highest BCUT2D eigenvalue weighted by atomic mass is 79.9. The molecule has 0 aliphatic carbocycles. The highest BCUT2D eigenvalue weighted by Crippen LogP contribution is 2.27. The number of aryl methyl sites for hydroxylation is 2. The molecule has 1 aromatic carbocycles. The maximum Gasteiger partial charge on any atom is 0.137 e. The average Bonchev–Trinajstić information content (AvgIpc) is 2.76. The number of halogens is 2. The summed E-state index contributed by atoms with van der Waals surface area (Å²) in [5.74, 6) is -0.274. The summed E-state index contributed by atoms with van der Waals surface area (Å²) in [7, 11) is 1.88. The van der Waals surface area contributed by atoms with E-state index in [0.29, 0.717) is 4.47 Å². The highest BCUT2D eigenvalue weighted by molar-refractivity contribution is 9.10. The van der Waals surface area contributed by atoms with Crippen LogP contribution in [0.25, 0.3) is 0 Å². The zero-order valence-corrected chi connectivity index (χ0v) is 11.7. The van der Waals surface area contributed by atoms with Gasteiger partial charge in [-0.1, -0.05) is 12.1 Å². The summed E-state index contributed by atoms with van der Waals surface area (Å²) in [4.78, 5) is 0. The van der Waals surface area contributed by atoms with Gasteiger partial charge in [0.15, 0.2) is 0 Å². The van der Waals surface area contributed by atoms with E-state index in [-0.39, 0.29) is 11.9 Å². The lowest BCUT2D eigenvalue weighted by Gasteiger charge is -2.13. The van der Waals surface area contributed by atoms with Crippen molar-refractivity contribution in [2.24, 2.45) is 12.8 Å². The Labute approximate surface area is 114 Å². The number of rotatable bonds is 4. The molecule has 0 fully saturated rings. The molecule has 1 heterocycles. The first kappa shape index (κ1) is 13.2. The summed E-state index contributed by atoms with van der Waals surface area (Å²) in [6.45, 7) is 0. The lowest BCUT2D eigenvalue weighted by Crippen LogP contribution is -2.12. The van der Waals surface area contributed by atoms with Gasteiger partial charge in [0.1, 0.15) is 5.82 Å². The normalized spacial score (nSPS) is 12.7. The molecule has 0 aliphatic rings. The van der Waals surface area contributed by atoms with E-state index in [9.17, 15) is 4.39 Å². The number of benzene rings is 1. The Morgan fingerprint density at radius 2 is 2.28 bits per heavy atom. The minimum atomic E-state index is -0.274. The molecule has 96 valence electrons. The van der Waals surface area contributed by atoms with E-state index in [1.165, 1.54) is 6.07 Å². The van der Waals surface area contributed by atoms with Crippen LogP contribution in [0.1, 0.15) is 23.6 Å². The Hall–Kier alpha value is -1.20. The summed E-state index contributed by atoms with van der Waals surface area (Å²) in [5, 5.41) is 4.11. The van der Waals surface area contributed by atoms with Gasteiger partial charge in [0.2, 0.25) is 0 Å². The predicted octanol–water partition coefficient (Wildman–Crippen LogP) is 2.95. The molecule has 0 amide bonds. The smallest absolute Gasteiger partial charge is 0.137 e. The Bertz CT molecular complexity index is 539. The maximum atomic E-state index is 13.4. The van der Waals surface area contributed by atoms with Crippen molar-refractivity contribution in [3.05, 3.63) is 52.0 Å². The molecule has 0 radical (unpaired) electrons. The second-order valence-electron chi connectivity index (χ2n) is 4.31. The fourth-order valence-electron chi connectivity index (χ4n) is 1.89. The van der Waals surface area contributed by atoms with Crippen LogP contribution < -0.4 is 5.73 Å². The second-order valence-corrected chi connectivity index (χ2v) is 5.10. The zero-order chi connectivity index (χ0) is 13.1. The van der Waals surface area contributed by atoms with Gasteiger partial charge in [-0.2, -0.15) is 5.10 Å². The maximum absolute atomic E-state index is 13.4. The van der Waals surface area contributed by atoms with E-state index in [1.807, 2.05) is 25.5 Å². The largest absolute Gasteiger partial charge is 0.324 e. The predicted molar refractivity (Wildman–Crippen MR) is 72.6 cm³/mol. The molecule has 0 aliphatic heterocycles. The summed E-state index contributed by atoms with van der Waals surface area (Å²) in [6.07, 6.45) is 5.38. The molecule has 1 aromatic heterocycles. The summed E-state index contributed by atoms with van der Waals surface area (Å²) >= 11 is 3.24. The lowest BCUT2D eigenvalue weighted by molar-refractivity contribution is 0.600. The van der Waals surface area contributed by atoms with Gasteiger partial charge in [0.25, 0.3) is 0 Å². The van der Waals surface area contributed by atoms with Crippen LogP contribution in [-0.4, -0.2) is 9.78 Å². The third-order valence-corrected chi connectivity index (χ3v) is 3.72. The lowest BCUT2D eigenvalue weighted by atomic mass is 10.0. The van der Waals surface area contributed by atoms with Gasteiger partial charge in [-0.05, 0) is 46.0 Å². The Morgan fingerprint density at radius 1 is 1.50 bits per heavy atom.